The number of hydrogen-bond acceptors (Lipinski definition) is 3. The van der Waals surface area contributed by atoms with Gasteiger partial charge in [0, 0.05) is 11.4 Å². The van der Waals surface area contributed by atoms with Crippen molar-refractivity contribution in [2.24, 2.45) is 5.73 Å². The SMILES string of the molecule is CC(N)c1ncnc2c(C(F)(F)F)cccc12. The van der Waals surface area contributed by atoms with Gasteiger partial charge in [0.1, 0.15) is 6.33 Å². The van der Waals surface area contributed by atoms with Gasteiger partial charge in [-0.1, -0.05) is 12.1 Å². The lowest BCUT2D eigenvalue weighted by atomic mass is 10.1. The molecule has 0 bridgehead atoms. The maximum atomic E-state index is 12.8. The second-order valence-corrected chi connectivity index (χ2v) is 3.75. The van der Waals surface area contributed by atoms with Gasteiger partial charge in [0.2, 0.25) is 0 Å². The largest absolute Gasteiger partial charge is 0.418 e. The number of benzene rings is 1. The third kappa shape index (κ3) is 2.08. The molecule has 90 valence electrons. The van der Waals surface area contributed by atoms with Crippen molar-refractivity contribution in [3.63, 3.8) is 0 Å². The molecule has 2 aromatic rings. The zero-order valence-corrected chi connectivity index (χ0v) is 8.99. The zero-order chi connectivity index (χ0) is 12.6. The molecule has 2 N–H and O–H groups in total. The molecule has 1 unspecified atom stereocenters. The van der Waals surface area contributed by atoms with Crippen LogP contribution in [0.15, 0.2) is 24.5 Å². The third-order valence-corrected chi connectivity index (χ3v) is 2.43. The standard InChI is InChI=1S/C11H10F3N3/c1-6(15)9-7-3-2-4-8(11(12,13)14)10(7)17-5-16-9/h2-6H,15H2,1H3. The Balaban J connectivity index is 2.79. The van der Waals surface area contributed by atoms with Gasteiger partial charge in [-0.15, -0.1) is 0 Å². The summed E-state index contributed by atoms with van der Waals surface area (Å²) in [5.74, 6) is 0. The first kappa shape index (κ1) is 11.8. The second kappa shape index (κ2) is 3.96. The molecule has 1 aromatic heterocycles. The summed E-state index contributed by atoms with van der Waals surface area (Å²) >= 11 is 0. The highest BCUT2D eigenvalue weighted by atomic mass is 19.4. The van der Waals surface area contributed by atoms with E-state index in [4.69, 9.17) is 5.73 Å². The molecule has 0 aliphatic rings. The number of rotatable bonds is 1. The Hall–Kier alpha value is -1.69. The minimum Gasteiger partial charge on any atom is -0.323 e. The van der Waals surface area contributed by atoms with Gasteiger partial charge in [-0.25, -0.2) is 9.97 Å². The van der Waals surface area contributed by atoms with E-state index in [1.807, 2.05) is 0 Å². The van der Waals surface area contributed by atoms with Crippen molar-refractivity contribution >= 4 is 10.9 Å². The summed E-state index contributed by atoms with van der Waals surface area (Å²) in [6.45, 7) is 1.67. The lowest BCUT2D eigenvalue weighted by Gasteiger charge is -2.12. The fourth-order valence-corrected chi connectivity index (χ4v) is 1.70. The Labute approximate surface area is 95.5 Å². The average Bonchev–Trinajstić information content (AvgIpc) is 2.26. The molecule has 0 saturated carbocycles. The first-order valence-corrected chi connectivity index (χ1v) is 4.97. The van der Waals surface area contributed by atoms with Crippen molar-refractivity contribution in [2.75, 3.05) is 0 Å². The van der Waals surface area contributed by atoms with Crippen LogP contribution in [0.25, 0.3) is 10.9 Å². The molecule has 1 heterocycles. The normalized spacial score (nSPS) is 13.9. The number of nitrogens with two attached hydrogens (primary N) is 1. The monoisotopic (exact) mass is 241 g/mol. The molecule has 0 aliphatic heterocycles. The van der Waals surface area contributed by atoms with Crippen molar-refractivity contribution in [3.05, 3.63) is 35.8 Å². The third-order valence-electron chi connectivity index (χ3n) is 2.43. The van der Waals surface area contributed by atoms with Crippen LogP contribution < -0.4 is 5.73 Å². The fourth-order valence-electron chi connectivity index (χ4n) is 1.70. The number of hydrogen-bond donors (Lipinski definition) is 1. The smallest absolute Gasteiger partial charge is 0.323 e. The second-order valence-electron chi connectivity index (χ2n) is 3.75. The van der Waals surface area contributed by atoms with Crippen molar-refractivity contribution in [2.45, 2.75) is 19.1 Å². The predicted octanol–water partition coefficient (Wildman–Crippen LogP) is 2.67. The van der Waals surface area contributed by atoms with Crippen LogP contribution in [0.5, 0.6) is 0 Å². The molecule has 17 heavy (non-hydrogen) atoms. The van der Waals surface area contributed by atoms with E-state index in [1.165, 1.54) is 6.07 Å². The van der Waals surface area contributed by atoms with E-state index in [0.717, 1.165) is 12.4 Å². The van der Waals surface area contributed by atoms with Gasteiger partial charge >= 0.3 is 6.18 Å². The first-order chi connectivity index (χ1) is 7.91. The van der Waals surface area contributed by atoms with Gasteiger partial charge in [-0.05, 0) is 13.0 Å². The summed E-state index contributed by atoms with van der Waals surface area (Å²) < 4.78 is 38.3. The molecule has 0 spiro atoms. The van der Waals surface area contributed by atoms with E-state index >= 15 is 0 Å². The molecule has 0 fully saturated rings. The summed E-state index contributed by atoms with van der Waals surface area (Å²) in [6.07, 6.45) is -3.32. The number of alkyl halides is 3. The minimum absolute atomic E-state index is 0.109. The van der Waals surface area contributed by atoms with Crippen molar-refractivity contribution in [1.29, 1.82) is 0 Å². The van der Waals surface area contributed by atoms with Crippen LogP contribution in [0.3, 0.4) is 0 Å². The van der Waals surface area contributed by atoms with Crippen LogP contribution >= 0.6 is 0 Å². The molecule has 2 rings (SSSR count). The predicted molar refractivity (Wildman–Crippen MR) is 57.1 cm³/mol. The Kier molecular flexibility index (Phi) is 2.74. The molecule has 0 saturated heterocycles. The van der Waals surface area contributed by atoms with Crippen LogP contribution in [0.1, 0.15) is 24.2 Å². The Morgan fingerprint density at radius 3 is 2.53 bits per heavy atom. The first-order valence-electron chi connectivity index (χ1n) is 4.97. The topological polar surface area (TPSA) is 51.8 Å². The van der Waals surface area contributed by atoms with Crippen LogP contribution in [0, 0.1) is 0 Å². The zero-order valence-electron chi connectivity index (χ0n) is 8.99. The molecular weight excluding hydrogens is 231 g/mol. The molecular formula is C11H10F3N3. The van der Waals surface area contributed by atoms with E-state index < -0.39 is 17.8 Å². The fraction of sp³-hybridized carbons (Fsp3) is 0.273. The highest BCUT2D eigenvalue weighted by Crippen LogP contribution is 2.34. The van der Waals surface area contributed by atoms with Gasteiger partial charge in [0.25, 0.3) is 0 Å². The maximum absolute atomic E-state index is 12.8. The van der Waals surface area contributed by atoms with E-state index in [1.54, 1.807) is 13.0 Å². The molecule has 1 atom stereocenters. The quantitative estimate of drug-likeness (QED) is 0.835. The van der Waals surface area contributed by atoms with Crippen LogP contribution in [-0.2, 0) is 6.18 Å². The van der Waals surface area contributed by atoms with Crippen LogP contribution in [-0.4, -0.2) is 9.97 Å². The number of aromatic nitrogens is 2. The highest BCUT2D eigenvalue weighted by molar-refractivity contribution is 5.84. The molecule has 1 aromatic carbocycles. The average molecular weight is 241 g/mol. The summed E-state index contributed by atoms with van der Waals surface area (Å²) in [4.78, 5) is 7.63. The number of nitrogens with zero attached hydrogens (tertiary/aromatic N) is 2. The summed E-state index contributed by atoms with van der Waals surface area (Å²) in [6, 6.07) is 3.44. The van der Waals surface area contributed by atoms with Crippen molar-refractivity contribution in [1.82, 2.24) is 9.97 Å². The van der Waals surface area contributed by atoms with Gasteiger partial charge in [0.15, 0.2) is 0 Å². The lowest BCUT2D eigenvalue weighted by Crippen LogP contribution is -2.11. The number of halogens is 3. The maximum Gasteiger partial charge on any atom is 0.418 e. The Morgan fingerprint density at radius 1 is 1.24 bits per heavy atom. The summed E-state index contributed by atoms with van der Waals surface area (Å²) in [7, 11) is 0. The van der Waals surface area contributed by atoms with E-state index in [2.05, 4.69) is 9.97 Å². The van der Waals surface area contributed by atoms with Gasteiger partial charge in [-0.3, -0.25) is 0 Å². The van der Waals surface area contributed by atoms with Crippen LogP contribution in [0.4, 0.5) is 13.2 Å². The van der Waals surface area contributed by atoms with Gasteiger partial charge in [0.05, 0.1) is 16.8 Å². The lowest BCUT2D eigenvalue weighted by molar-refractivity contribution is -0.136. The molecule has 6 heteroatoms. The molecule has 0 aliphatic carbocycles. The summed E-state index contributed by atoms with van der Waals surface area (Å²) in [5, 5.41) is 0.345. The molecule has 3 nitrogen and oxygen atoms in total. The van der Waals surface area contributed by atoms with Gasteiger partial charge < -0.3 is 5.73 Å². The van der Waals surface area contributed by atoms with Crippen molar-refractivity contribution < 1.29 is 13.2 Å². The van der Waals surface area contributed by atoms with Gasteiger partial charge in [-0.2, -0.15) is 13.2 Å². The molecule has 0 amide bonds. The number of fused-ring (bicyclic) bond motifs is 1. The van der Waals surface area contributed by atoms with E-state index in [9.17, 15) is 13.2 Å². The summed E-state index contributed by atoms with van der Waals surface area (Å²) in [5.41, 5.74) is 5.21. The number of para-hydroxylation sites is 1. The Morgan fingerprint density at radius 2 is 1.94 bits per heavy atom. The van der Waals surface area contributed by atoms with E-state index in [-0.39, 0.29) is 5.52 Å². The highest BCUT2D eigenvalue weighted by Gasteiger charge is 2.33. The Bertz CT molecular complexity index is 549. The minimum atomic E-state index is -4.43. The van der Waals surface area contributed by atoms with Crippen LogP contribution in [0.2, 0.25) is 0 Å². The van der Waals surface area contributed by atoms with E-state index in [0.29, 0.717) is 11.1 Å². The van der Waals surface area contributed by atoms with Crippen molar-refractivity contribution in [3.8, 4) is 0 Å². The molecule has 0 radical (unpaired) electrons.